The van der Waals surface area contributed by atoms with Gasteiger partial charge in [0, 0.05) is 22.3 Å². The Morgan fingerprint density at radius 2 is 1.83 bits per heavy atom. The molecule has 2 N–H and O–H groups in total. The molecule has 0 saturated heterocycles. The number of halogens is 2. The molecule has 0 aliphatic rings. The van der Waals surface area contributed by atoms with Gasteiger partial charge in [-0.2, -0.15) is 0 Å². The van der Waals surface area contributed by atoms with E-state index in [1.54, 1.807) is 12.1 Å². The Hall–Kier alpha value is -1.71. The lowest BCUT2D eigenvalue weighted by Crippen LogP contribution is -2.31. The lowest BCUT2D eigenvalue weighted by Gasteiger charge is -2.09. The Labute approximate surface area is 147 Å². The average molecular weight is 351 g/mol. The molecule has 5 heteroatoms. The third kappa shape index (κ3) is 5.77. The van der Waals surface area contributed by atoms with E-state index in [2.05, 4.69) is 29.7 Å². The molecule has 0 fully saturated rings. The van der Waals surface area contributed by atoms with Crippen LogP contribution in [-0.2, 0) is 17.6 Å². The van der Waals surface area contributed by atoms with E-state index in [0.29, 0.717) is 23.0 Å². The van der Waals surface area contributed by atoms with Gasteiger partial charge in [0.05, 0.1) is 6.54 Å². The zero-order chi connectivity index (χ0) is 16.7. The van der Waals surface area contributed by atoms with Crippen molar-refractivity contribution >= 4 is 34.8 Å². The normalized spacial score (nSPS) is 10.4. The summed E-state index contributed by atoms with van der Waals surface area (Å²) in [6.45, 7) is 2.90. The van der Waals surface area contributed by atoms with Crippen LogP contribution in [0.2, 0.25) is 10.0 Å². The van der Waals surface area contributed by atoms with Crippen molar-refractivity contribution in [1.29, 1.82) is 0 Å². The number of carbonyl (C=O) groups is 1. The van der Waals surface area contributed by atoms with Crippen molar-refractivity contribution in [3.63, 3.8) is 0 Å². The lowest BCUT2D eigenvalue weighted by molar-refractivity contribution is -0.119. The van der Waals surface area contributed by atoms with Gasteiger partial charge in [-0.25, -0.2) is 0 Å². The highest BCUT2D eigenvalue weighted by Crippen LogP contribution is 2.21. The summed E-state index contributed by atoms with van der Waals surface area (Å²) in [5, 5.41) is 7.22. The average Bonchev–Trinajstić information content (AvgIpc) is 2.55. The number of aryl methyl sites for hydroxylation is 1. The molecule has 0 heterocycles. The molecule has 0 bridgehead atoms. The third-order valence-electron chi connectivity index (χ3n) is 3.55. The van der Waals surface area contributed by atoms with Gasteiger partial charge in [0.2, 0.25) is 5.91 Å². The van der Waals surface area contributed by atoms with Gasteiger partial charge < -0.3 is 10.6 Å². The monoisotopic (exact) mass is 350 g/mol. The third-order valence-corrected chi connectivity index (χ3v) is 4.13. The van der Waals surface area contributed by atoms with Gasteiger partial charge in [-0.1, -0.05) is 48.3 Å². The van der Waals surface area contributed by atoms with E-state index in [1.807, 2.05) is 18.2 Å². The maximum atomic E-state index is 11.8. The summed E-state index contributed by atoms with van der Waals surface area (Å²) in [5.74, 6) is -0.0466. The van der Waals surface area contributed by atoms with Gasteiger partial charge in [-0.05, 0) is 48.2 Å². The lowest BCUT2D eigenvalue weighted by atomic mass is 10.1. The highest BCUT2D eigenvalue weighted by molar-refractivity contribution is 6.35. The molecule has 2 aromatic rings. The summed E-state index contributed by atoms with van der Waals surface area (Å²) in [6, 6.07) is 13.5. The Balaban J connectivity index is 1.72. The molecule has 3 nitrogen and oxygen atoms in total. The molecule has 122 valence electrons. The number of amides is 1. The number of nitrogens with one attached hydrogen (secondary N) is 2. The molecular formula is C18H20Cl2N2O. The van der Waals surface area contributed by atoms with E-state index in [-0.39, 0.29) is 12.5 Å². The van der Waals surface area contributed by atoms with Crippen molar-refractivity contribution in [3.8, 4) is 0 Å². The topological polar surface area (TPSA) is 41.1 Å². The minimum Gasteiger partial charge on any atom is -0.376 e. The Kier molecular flexibility index (Phi) is 6.75. The molecule has 0 saturated carbocycles. The number of rotatable bonds is 7. The van der Waals surface area contributed by atoms with Crippen LogP contribution < -0.4 is 10.6 Å². The van der Waals surface area contributed by atoms with Gasteiger partial charge in [0.1, 0.15) is 0 Å². The Bertz CT molecular complexity index is 657. The number of benzene rings is 2. The van der Waals surface area contributed by atoms with Crippen molar-refractivity contribution in [3.05, 3.63) is 63.6 Å². The number of hydrogen-bond donors (Lipinski definition) is 2. The summed E-state index contributed by atoms with van der Waals surface area (Å²) in [6.07, 6.45) is 1.68. The van der Waals surface area contributed by atoms with Crippen LogP contribution in [-0.4, -0.2) is 19.0 Å². The zero-order valence-corrected chi connectivity index (χ0v) is 14.5. The molecule has 0 aliphatic heterocycles. The molecule has 1 amide bonds. The Morgan fingerprint density at radius 3 is 2.48 bits per heavy atom. The first-order chi connectivity index (χ1) is 11.1. The van der Waals surface area contributed by atoms with Crippen LogP contribution in [0.4, 0.5) is 5.69 Å². The molecule has 0 spiro atoms. The van der Waals surface area contributed by atoms with E-state index in [1.165, 1.54) is 5.56 Å². The second-order valence-electron chi connectivity index (χ2n) is 5.24. The second-order valence-corrected chi connectivity index (χ2v) is 6.08. The minimum absolute atomic E-state index is 0.0466. The van der Waals surface area contributed by atoms with E-state index >= 15 is 0 Å². The predicted molar refractivity (Wildman–Crippen MR) is 97.5 cm³/mol. The van der Waals surface area contributed by atoms with Crippen molar-refractivity contribution in [1.82, 2.24) is 5.32 Å². The van der Waals surface area contributed by atoms with Gasteiger partial charge in [-0.3, -0.25) is 4.79 Å². The smallest absolute Gasteiger partial charge is 0.239 e. The van der Waals surface area contributed by atoms with Crippen LogP contribution in [0, 0.1) is 0 Å². The maximum absolute atomic E-state index is 11.8. The zero-order valence-electron chi connectivity index (χ0n) is 13.0. The number of carbonyl (C=O) groups excluding carboxylic acids is 1. The molecule has 2 aromatic carbocycles. The fraction of sp³-hybridized carbons (Fsp3) is 0.278. The van der Waals surface area contributed by atoms with Gasteiger partial charge in [0.15, 0.2) is 0 Å². The Morgan fingerprint density at radius 1 is 1.09 bits per heavy atom. The quantitative estimate of drug-likeness (QED) is 0.780. The largest absolute Gasteiger partial charge is 0.376 e. The molecule has 0 atom stereocenters. The van der Waals surface area contributed by atoms with E-state index in [9.17, 15) is 4.79 Å². The summed E-state index contributed by atoms with van der Waals surface area (Å²) in [7, 11) is 0. The number of anilines is 1. The van der Waals surface area contributed by atoms with E-state index < -0.39 is 0 Å². The molecule has 2 rings (SSSR count). The van der Waals surface area contributed by atoms with E-state index in [0.717, 1.165) is 17.7 Å². The van der Waals surface area contributed by atoms with Crippen LogP contribution in [0.15, 0.2) is 42.5 Å². The second kappa shape index (κ2) is 8.80. The van der Waals surface area contributed by atoms with Crippen molar-refractivity contribution in [2.45, 2.75) is 19.8 Å². The van der Waals surface area contributed by atoms with Gasteiger partial charge in [-0.15, -0.1) is 0 Å². The van der Waals surface area contributed by atoms with Gasteiger partial charge >= 0.3 is 0 Å². The summed E-state index contributed by atoms with van der Waals surface area (Å²) >= 11 is 12.0. The van der Waals surface area contributed by atoms with Crippen LogP contribution >= 0.6 is 23.2 Å². The number of hydrogen-bond acceptors (Lipinski definition) is 2. The van der Waals surface area contributed by atoms with Crippen LogP contribution in [0.1, 0.15) is 18.1 Å². The molecule has 0 aromatic heterocycles. The molecule has 0 unspecified atom stereocenters. The fourth-order valence-electron chi connectivity index (χ4n) is 2.16. The van der Waals surface area contributed by atoms with Gasteiger partial charge in [0.25, 0.3) is 0 Å². The molecule has 0 radical (unpaired) electrons. The van der Waals surface area contributed by atoms with Crippen LogP contribution in [0.5, 0.6) is 0 Å². The first kappa shape index (κ1) is 17.6. The van der Waals surface area contributed by atoms with Crippen molar-refractivity contribution in [2.24, 2.45) is 0 Å². The first-order valence-electron chi connectivity index (χ1n) is 7.62. The fourth-order valence-corrected chi connectivity index (χ4v) is 2.67. The maximum Gasteiger partial charge on any atom is 0.239 e. The first-order valence-corrected chi connectivity index (χ1v) is 8.37. The molecular weight excluding hydrogens is 331 g/mol. The predicted octanol–water partition coefficient (Wildman–Crippen LogP) is 4.33. The van der Waals surface area contributed by atoms with Crippen LogP contribution in [0.3, 0.4) is 0 Å². The highest BCUT2D eigenvalue weighted by Gasteiger charge is 2.04. The molecule has 23 heavy (non-hydrogen) atoms. The molecule has 0 aliphatic carbocycles. The minimum atomic E-state index is -0.0466. The summed E-state index contributed by atoms with van der Waals surface area (Å²) < 4.78 is 0. The standard InChI is InChI=1S/C18H20Cl2N2O/c1-2-13-3-7-16(8-4-13)22-12-18(23)21-10-9-14-5-6-15(19)11-17(14)20/h3-8,11,22H,2,9-10,12H2,1H3,(H,21,23). The van der Waals surface area contributed by atoms with E-state index in [4.69, 9.17) is 23.2 Å². The SMILES string of the molecule is CCc1ccc(NCC(=O)NCCc2ccc(Cl)cc2Cl)cc1. The highest BCUT2D eigenvalue weighted by atomic mass is 35.5. The van der Waals surface area contributed by atoms with Crippen LogP contribution in [0.25, 0.3) is 0 Å². The van der Waals surface area contributed by atoms with Crippen molar-refractivity contribution in [2.75, 3.05) is 18.4 Å². The summed E-state index contributed by atoms with van der Waals surface area (Å²) in [5.41, 5.74) is 3.19. The van der Waals surface area contributed by atoms with Crippen molar-refractivity contribution < 1.29 is 4.79 Å². The summed E-state index contributed by atoms with van der Waals surface area (Å²) in [4.78, 5) is 11.8.